The molecule has 1 aromatic heterocycles. The van der Waals surface area contributed by atoms with Crippen LogP contribution < -0.4 is 5.43 Å². The summed E-state index contributed by atoms with van der Waals surface area (Å²) in [6.45, 7) is 3.80. The number of aromatic amines is 1. The molecule has 1 aromatic carbocycles. The van der Waals surface area contributed by atoms with Crippen molar-refractivity contribution in [3.63, 3.8) is 0 Å². The smallest absolute Gasteiger partial charge is 0.204 e. The van der Waals surface area contributed by atoms with Gasteiger partial charge in [-0.15, -0.1) is 0 Å². The molecule has 0 saturated heterocycles. The lowest BCUT2D eigenvalue weighted by molar-refractivity contribution is 1.10. The average Bonchev–Trinajstić information content (AvgIpc) is 2.28. The van der Waals surface area contributed by atoms with Crippen molar-refractivity contribution < 1.29 is 0 Å². The largest absolute Gasteiger partial charge is 0.361 e. The van der Waals surface area contributed by atoms with Crippen molar-refractivity contribution in [3.05, 3.63) is 56.4 Å². The molecule has 16 heavy (non-hydrogen) atoms. The molecule has 0 fully saturated rings. The predicted octanol–water partition coefficient (Wildman–Crippen LogP) is 3.42. The summed E-state index contributed by atoms with van der Waals surface area (Å²) in [4.78, 5) is 15.3. The van der Waals surface area contributed by atoms with Gasteiger partial charge >= 0.3 is 0 Å². The van der Waals surface area contributed by atoms with E-state index >= 15 is 0 Å². The first-order valence-corrected chi connectivity index (χ1v) is 5.85. The molecule has 3 heteroatoms. The molecule has 0 amide bonds. The molecule has 82 valence electrons. The molecule has 0 atom stereocenters. The van der Waals surface area contributed by atoms with E-state index in [1.807, 2.05) is 44.2 Å². The summed E-state index contributed by atoms with van der Waals surface area (Å²) in [7, 11) is 0. The van der Waals surface area contributed by atoms with E-state index in [1.165, 1.54) is 0 Å². The number of rotatable bonds is 1. The summed E-state index contributed by atoms with van der Waals surface area (Å²) < 4.78 is 0.608. The number of halogens is 1. The van der Waals surface area contributed by atoms with E-state index in [2.05, 4.69) is 20.9 Å². The van der Waals surface area contributed by atoms with Crippen molar-refractivity contribution in [1.29, 1.82) is 0 Å². The van der Waals surface area contributed by atoms with Gasteiger partial charge < -0.3 is 4.98 Å². The van der Waals surface area contributed by atoms with Crippen molar-refractivity contribution in [2.45, 2.75) is 13.8 Å². The third-order valence-corrected chi connectivity index (χ3v) is 3.52. The fourth-order valence-corrected chi connectivity index (χ4v) is 2.10. The normalized spacial score (nSPS) is 10.4. The van der Waals surface area contributed by atoms with Gasteiger partial charge in [-0.25, -0.2) is 0 Å². The molecular formula is C13H12BrNO. The highest BCUT2D eigenvalue weighted by atomic mass is 79.9. The minimum Gasteiger partial charge on any atom is -0.361 e. The van der Waals surface area contributed by atoms with Gasteiger partial charge in [0.05, 0.1) is 4.47 Å². The number of pyridine rings is 1. The highest BCUT2D eigenvalue weighted by Gasteiger charge is 2.11. The van der Waals surface area contributed by atoms with Crippen LogP contribution in [0.25, 0.3) is 11.1 Å². The first-order chi connectivity index (χ1) is 7.61. The van der Waals surface area contributed by atoms with Crippen LogP contribution in [0.5, 0.6) is 0 Å². The number of nitrogens with one attached hydrogen (secondary N) is 1. The lowest BCUT2D eigenvalue weighted by Gasteiger charge is -2.08. The van der Waals surface area contributed by atoms with E-state index < -0.39 is 0 Å². The average molecular weight is 278 g/mol. The fraction of sp³-hybridized carbons (Fsp3) is 0.154. The van der Waals surface area contributed by atoms with Crippen LogP contribution in [0.4, 0.5) is 0 Å². The van der Waals surface area contributed by atoms with E-state index in [9.17, 15) is 4.79 Å². The Morgan fingerprint density at radius 2 is 1.69 bits per heavy atom. The fourth-order valence-electron chi connectivity index (χ4n) is 1.80. The summed E-state index contributed by atoms with van der Waals surface area (Å²) in [6, 6.07) is 9.69. The minimum atomic E-state index is 0.0416. The summed E-state index contributed by atoms with van der Waals surface area (Å²) in [5.41, 5.74) is 3.49. The predicted molar refractivity (Wildman–Crippen MR) is 69.7 cm³/mol. The van der Waals surface area contributed by atoms with Gasteiger partial charge in [-0.3, -0.25) is 4.79 Å². The molecule has 0 aliphatic carbocycles. The second-order valence-electron chi connectivity index (χ2n) is 3.76. The maximum atomic E-state index is 12.1. The Kier molecular flexibility index (Phi) is 2.97. The van der Waals surface area contributed by atoms with Crippen molar-refractivity contribution in [1.82, 2.24) is 4.98 Å². The molecule has 1 N–H and O–H groups in total. The number of benzene rings is 1. The molecule has 2 aromatic rings. The number of aryl methyl sites for hydroxylation is 2. The Morgan fingerprint density at radius 1 is 1.06 bits per heavy atom. The first kappa shape index (κ1) is 11.1. The van der Waals surface area contributed by atoms with Gasteiger partial charge in [0, 0.05) is 17.0 Å². The van der Waals surface area contributed by atoms with E-state index in [0.717, 1.165) is 22.5 Å². The summed E-state index contributed by atoms with van der Waals surface area (Å²) >= 11 is 3.32. The Hall–Kier alpha value is -1.35. The lowest BCUT2D eigenvalue weighted by Crippen LogP contribution is -2.11. The SMILES string of the molecule is Cc1[nH]c(C)c(-c2ccccc2)c(=O)c1Br. The van der Waals surface area contributed by atoms with Gasteiger partial charge in [-0.05, 0) is 35.3 Å². The number of H-pyrrole nitrogens is 1. The molecule has 0 unspecified atom stereocenters. The van der Waals surface area contributed by atoms with Crippen molar-refractivity contribution in [2.24, 2.45) is 0 Å². The summed E-state index contributed by atoms with van der Waals surface area (Å²) in [5.74, 6) is 0. The molecule has 0 radical (unpaired) electrons. The Bertz CT molecular complexity index is 572. The van der Waals surface area contributed by atoms with Crippen molar-refractivity contribution >= 4 is 15.9 Å². The second-order valence-corrected chi connectivity index (χ2v) is 4.55. The van der Waals surface area contributed by atoms with Crippen LogP contribution in [0.1, 0.15) is 11.4 Å². The molecule has 0 spiro atoms. The van der Waals surface area contributed by atoms with Crippen molar-refractivity contribution in [3.8, 4) is 11.1 Å². The molecule has 0 aliphatic heterocycles. The number of hydrogen-bond donors (Lipinski definition) is 1. The molecule has 2 nitrogen and oxygen atoms in total. The first-order valence-electron chi connectivity index (χ1n) is 5.05. The molecule has 1 heterocycles. The highest BCUT2D eigenvalue weighted by Crippen LogP contribution is 2.21. The number of aromatic nitrogens is 1. The maximum absolute atomic E-state index is 12.1. The second kappa shape index (κ2) is 4.26. The molecule has 0 aliphatic rings. The van der Waals surface area contributed by atoms with Gasteiger partial charge in [0.1, 0.15) is 0 Å². The third-order valence-electron chi connectivity index (χ3n) is 2.57. The Balaban J connectivity index is 2.77. The van der Waals surface area contributed by atoms with Crippen LogP contribution in [-0.2, 0) is 0 Å². The van der Waals surface area contributed by atoms with Crippen LogP contribution in [-0.4, -0.2) is 4.98 Å². The van der Waals surface area contributed by atoms with E-state index in [-0.39, 0.29) is 5.43 Å². The zero-order valence-corrected chi connectivity index (χ0v) is 10.8. The van der Waals surface area contributed by atoms with Crippen LogP contribution in [0.15, 0.2) is 39.6 Å². The van der Waals surface area contributed by atoms with Gasteiger partial charge in [0.15, 0.2) is 0 Å². The Labute approximate surface area is 102 Å². The minimum absolute atomic E-state index is 0.0416. The Morgan fingerprint density at radius 3 is 2.31 bits per heavy atom. The van der Waals surface area contributed by atoms with E-state index in [1.54, 1.807) is 0 Å². The maximum Gasteiger partial charge on any atom is 0.204 e. The van der Waals surface area contributed by atoms with Crippen molar-refractivity contribution in [2.75, 3.05) is 0 Å². The van der Waals surface area contributed by atoms with Crippen LogP contribution in [0.2, 0.25) is 0 Å². The van der Waals surface area contributed by atoms with Crippen LogP contribution in [0.3, 0.4) is 0 Å². The van der Waals surface area contributed by atoms with Gasteiger partial charge in [-0.2, -0.15) is 0 Å². The molecule has 0 bridgehead atoms. The van der Waals surface area contributed by atoms with Gasteiger partial charge in [-0.1, -0.05) is 30.3 Å². The third kappa shape index (κ3) is 1.83. The quantitative estimate of drug-likeness (QED) is 0.851. The lowest BCUT2D eigenvalue weighted by atomic mass is 10.0. The highest BCUT2D eigenvalue weighted by molar-refractivity contribution is 9.10. The van der Waals surface area contributed by atoms with Gasteiger partial charge in [0.2, 0.25) is 5.43 Å². The van der Waals surface area contributed by atoms with Crippen LogP contribution in [0, 0.1) is 13.8 Å². The summed E-state index contributed by atoms with van der Waals surface area (Å²) in [5, 5.41) is 0. The number of hydrogen-bond acceptors (Lipinski definition) is 1. The molecule has 2 rings (SSSR count). The monoisotopic (exact) mass is 277 g/mol. The van der Waals surface area contributed by atoms with Crippen LogP contribution >= 0.6 is 15.9 Å². The van der Waals surface area contributed by atoms with E-state index in [0.29, 0.717) is 4.47 Å². The standard InChI is InChI=1S/C13H12BrNO/c1-8-11(10-6-4-3-5-7-10)13(16)12(14)9(2)15-8/h3-7H,1-2H3,(H,15,16). The molecule has 0 saturated carbocycles. The topological polar surface area (TPSA) is 32.9 Å². The van der Waals surface area contributed by atoms with Gasteiger partial charge in [0.25, 0.3) is 0 Å². The molecular weight excluding hydrogens is 266 g/mol. The zero-order valence-electron chi connectivity index (χ0n) is 9.17. The zero-order chi connectivity index (χ0) is 11.7. The van der Waals surface area contributed by atoms with E-state index in [4.69, 9.17) is 0 Å². The summed E-state index contributed by atoms with van der Waals surface area (Å²) in [6.07, 6.45) is 0.